The summed E-state index contributed by atoms with van der Waals surface area (Å²) in [6, 6.07) is 0.255. The number of hydrogen-bond donors (Lipinski definition) is 1. The number of hydrogen-bond acceptors (Lipinski definition) is 5. The third-order valence-electron chi connectivity index (χ3n) is 2.42. The van der Waals surface area contributed by atoms with Crippen molar-refractivity contribution in [2.24, 2.45) is 10.7 Å². The largest absolute Gasteiger partial charge is 0.370 e. The Bertz CT molecular complexity index is 357. The fourth-order valence-electron chi connectivity index (χ4n) is 1.70. The van der Waals surface area contributed by atoms with Crippen LogP contribution >= 0.6 is 11.3 Å². The van der Waals surface area contributed by atoms with E-state index in [-0.39, 0.29) is 6.04 Å². The quantitative estimate of drug-likeness (QED) is 0.796. The first-order chi connectivity index (χ1) is 6.72. The highest BCUT2D eigenvalue weighted by Gasteiger charge is 2.27. The van der Waals surface area contributed by atoms with Crippen molar-refractivity contribution in [3.05, 3.63) is 16.1 Å². The van der Waals surface area contributed by atoms with Gasteiger partial charge in [-0.25, -0.2) is 4.98 Å². The highest BCUT2D eigenvalue weighted by atomic mass is 32.1. The molecule has 0 saturated heterocycles. The van der Waals surface area contributed by atoms with E-state index in [9.17, 15) is 0 Å². The van der Waals surface area contributed by atoms with E-state index in [0.717, 1.165) is 23.8 Å². The van der Waals surface area contributed by atoms with Crippen molar-refractivity contribution in [3.8, 4) is 0 Å². The van der Waals surface area contributed by atoms with Crippen LogP contribution in [0.25, 0.3) is 0 Å². The maximum atomic E-state index is 5.78. The van der Waals surface area contributed by atoms with Crippen LogP contribution in [0, 0.1) is 6.92 Å². The molecule has 2 heterocycles. The van der Waals surface area contributed by atoms with Gasteiger partial charge < -0.3 is 10.6 Å². The van der Waals surface area contributed by atoms with Crippen LogP contribution in [0.2, 0.25) is 0 Å². The second kappa shape index (κ2) is 3.57. The summed E-state index contributed by atoms with van der Waals surface area (Å²) in [5.41, 5.74) is 6.87. The second-order valence-corrected chi connectivity index (χ2v) is 4.35. The molecule has 0 aliphatic carbocycles. The first-order valence-electron chi connectivity index (χ1n) is 4.71. The predicted octanol–water partition coefficient (Wildman–Crippen LogP) is 1.14. The van der Waals surface area contributed by atoms with Gasteiger partial charge in [-0.05, 0) is 13.8 Å². The number of aliphatic imine (C=N–C) groups is 1. The van der Waals surface area contributed by atoms with E-state index in [0.29, 0.717) is 5.96 Å². The van der Waals surface area contributed by atoms with Gasteiger partial charge in [-0.2, -0.15) is 0 Å². The van der Waals surface area contributed by atoms with Gasteiger partial charge in [-0.3, -0.25) is 4.99 Å². The van der Waals surface area contributed by atoms with E-state index in [1.165, 1.54) is 0 Å². The smallest absolute Gasteiger partial charge is 0.191 e. The summed E-state index contributed by atoms with van der Waals surface area (Å²) in [5.74, 6) is 0.642. The number of aryl methyl sites for hydroxylation is 1. The Balaban J connectivity index is 2.21. The maximum Gasteiger partial charge on any atom is 0.191 e. The number of thiazole rings is 1. The van der Waals surface area contributed by atoms with Gasteiger partial charge in [0.15, 0.2) is 5.96 Å². The summed E-state index contributed by atoms with van der Waals surface area (Å²) in [7, 11) is 0. The van der Waals surface area contributed by atoms with Crippen LogP contribution in [0.3, 0.4) is 0 Å². The van der Waals surface area contributed by atoms with Gasteiger partial charge in [0, 0.05) is 11.9 Å². The molecule has 1 aromatic rings. The zero-order chi connectivity index (χ0) is 10.1. The molecule has 2 N–H and O–H groups in total. The molecule has 0 bridgehead atoms. The molecular weight excluding hydrogens is 196 g/mol. The van der Waals surface area contributed by atoms with Crippen LogP contribution < -0.4 is 5.73 Å². The van der Waals surface area contributed by atoms with E-state index in [4.69, 9.17) is 5.73 Å². The first kappa shape index (κ1) is 9.45. The summed E-state index contributed by atoms with van der Waals surface area (Å²) < 4.78 is 0. The Morgan fingerprint density at radius 1 is 1.71 bits per heavy atom. The number of nitrogens with zero attached hydrogens (tertiary/aromatic N) is 3. The fourth-order valence-corrected chi connectivity index (χ4v) is 2.36. The van der Waals surface area contributed by atoms with Crippen LogP contribution in [0.15, 0.2) is 10.4 Å². The van der Waals surface area contributed by atoms with Crippen LogP contribution in [0.1, 0.15) is 23.7 Å². The molecule has 4 nitrogen and oxygen atoms in total. The Hall–Kier alpha value is -1.10. The average Bonchev–Trinajstić information content (AvgIpc) is 2.71. The minimum Gasteiger partial charge on any atom is -0.370 e. The molecule has 0 radical (unpaired) electrons. The number of guanidine groups is 1. The Morgan fingerprint density at radius 2 is 2.50 bits per heavy atom. The van der Waals surface area contributed by atoms with E-state index in [1.807, 2.05) is 6.92 Å². The fraction of sp³-hybridized carbons (Fsp3) is 0.556. The summed E-state index contributed by atoms with van der Waals surface area (Å²) in [4.78, 5) is 10.8. The van der Waals surface area contributed by atoms with Crippen molar-refractivity contribution in [3.63, 3.8) is 0 Å². The zero-order valence-corrected chi connectivity index (χ0v) is 9.21. The van der Waals surface area contributed by atoms with Crippen molar-refractivity contribution in [1.29, 1.82) is 0 Å². The molecule has 76 valence electrons. The van der Waals surface area contributed by atoms with Gasteiger partial charge in [-0.15, -0.1) is 11.3 Å². The Labute approximate surface area is 87.5 Å². The Morgan fingerprint density at radius 3 is 3.07 bits per heavy atom. The van der Waals surface area contributed by atoms with Crippen LogP contribution in [-0.2, 0) is 0 Å². The van der Waals surface area contributed by atoms with Crippen molar-refractivity contribution in [2.45, 2.75) is 19.9 Å². The monoisotopic (exact) mass is 210 g/mol. The molecule has 0 fully saturated rings. The highest BCUT2D eigenvalue weighted by Crippen LogP contribution is 2.25. The molecule has 0 saturated carbocycles. The highest BCUT2D eigenvalue weighted by molar-refractivity contribution is 7.09. The lowest BCUT2D eigenvalue weighted by atomic mass is 10.2. The van der Waals surface area contributed by atoms with Crippen molar-refractivity contribution in [1.82, 2.24) is 9.88 Å². The molecule has 1 aliphatic heterocycles. The topological polar surface area (TPSA) is 54.5 Å². The summed E-state index contributed by atoms with van der Waals surface area (Å²) in [6.07, 6.45) is 0. The van der Waals surface area contributed by atoms with Gasteiger partial charge >= 0.3 is 0 Å². The van der Waals surface area contributed by atoms with E-state index < -0.39 is 0 Å². The molecule has 0 spiro atoms. The first-order valence-corrected chi connectivity index (χ1v) is 5.59. The molecule has 1 aliphatic rings. The minimum atomic E-state index is 0.255. The normalized spacial score (nSPS) is 21.4. The maximum absolute atomic E-state index is 5.78. The van der Waals surface area contributed by atoms with E-state index in [1.54, 1.807) is 11.3 Å². The minimum absolute atomic E-state index is 0.255. The Kier molecular flexibility index (Phi) is 2.41. The predicted molar refractivity (Wildman–Crippen MR) is 58.5 cm³/mol. The van der Waals surface area contributed by atoms with Crippen molar-refractivity contribution < 1.29 is 0 Å². The van der Waals surface area contributed by atoms with Gasteiger partial charge in [0.05, 0.1) is 23.3 Å². The third-order valence-corrected chi connectivity index (χ3v) is 3.21. The van der Waals surface area contributed by atoms with E-state index in [2.05, 4.69) is 27.2 Å². The zero-order valence-electron chi connectivity index (χ0n) is 8.40. The summed E-state index contributed by atoms with van der Waals surface area (Å²) >= 11 is 1.68. The van der Waals surface area contributed by atoms with Crippen molar-refractivity contribution in [2.75, 3.05) is 13.1 Å². The molecule has 0 aromatic carbocycles. The number of aromatic nitrogens is 1. The standard InChI is InChI=1S/C9H14N4S/c1-3-13-8(4-11-9(13)10)7-5-14-6(2)12-7/h5,8H,3-4H2,1-2H3,(H2,10,11). The van der Waals surface area contributed by atoms with Gasteiger partial charge in [0.25, 0.3) is 0 Å². The molecule has 2 rings (SSSR count). The lowest BCUT2D eigenvalue weighted by Gasteiger charge is -2.22. The summed E-state index contributed by atoms with van der Waals surface area (Å²) in [5, 5.41) is 3.19. The molecule has 0 amide bonds. The van der Waals surface area contributed by atoms with Crippen LogP contribution in [0.5, 0.6) is 0 Å². The molecule has 1 unspecified atom stereocenters. The van der Waals surface area contributed by atoms with Crippen molar-refractivity contribution >= 4 is 17.3 Å². The summed E-state index contributed by atoms with van der Waals surface area (Å²) in [6.45, 7) is 5.73. The van der Waals surface area contributed by atoms with Crippen LogP contribution in [0.4, 0.5) is 0 Å². The number of nitrogens with two attached hydrogens (primary N) is 1. The van der Waals surface area contributed by atoms with Gasteiger partial charge in [-0.1, -0.05) is 0 Å². The lowest BCUT2D eigenvalue weighted by molar-refractivity contribution is 0.358. The van der Waals surface area contributed by atoms with Gasteiger partial charge in [0.2, 0.25) is 0 Å². The molecule has 1 atom stereocenters. The second-order valence-electron chi connectivity index (χ2n) is 3.29. The van der Waals surface area contributed by atoms with Crippen LogP contribution in [-0.4, -0.2) is 28.9 Å². The SMILES string of the molecule is CCN1C(N)=NCC1c1csc(C)n1. The number of rotatable bonds is 2. The average molecular weight is 210 g/mol. The number of likely N-dealkylation sites (N-methyl/N-ethyl adjacent to an activating group) is 1. The van der Waals surface area contributed by atoms with E-state index >= 15 is 0 Å². The third kappa shape index (κ3) is 1.48. The molecule has 5 heteroatoms. The molecule has 14 heavy (non-hydrogen) atoms. The molecular formula is C9H14N4S. The lowest BCUT2D eigenvalue weighted by Crippen LogP contribution is -2.35. The van der Waals surface area contributed by atoms with Gasteiger partial charge in [0.1, 0.15) is 0 Å². The molecule has 1 aromatic heterocycles.